The van der Waals surface area contributed by atoms with Gasteiger partial charge in [-0.1, -0.05) is 0 Å². The molecular weight excluding hydrogens is 259 g/mol. The van der Waals surface area contributed by atoms with Gasteiger partial charge in [-0.3, -0.25) is 0 Å². The second kappa shape index (κ2) is 5.58. The summed E-state index contributed by atoms with van der Waals surface area (Å²) in [5.74, 6) is 0.306. The van der Waals surface area contributed by atoms with Crippen LogP contribution in [0.15, 0.2) is 30.9 Å². The van der Waals surface area contributed by atoms with Crippen molar-refractivity contribution in [2.75, 3.05) is 19.0 Å². The molecule has 0 saturated heterocycles. The zero-order valence-electron chi connectivity index (χ0n) is 11.3. The molecule has 6 heteroatoms. The Morgan fingerprint density at radius 1 is 1.50 bits per heavy atom. The summed E-state index contributed by atoms with van der Waals surface area (Å²) in [5.41, 5.74) is 1.16. The van der Waals surface area contributed by atoms with Crippen LogP contribution in [0, 0.1) is 11.7 Å². The molecule has 0 amide bonds. The number of methoxy groups -OCH3 is 1. The third-order valence-corrected chi connectivity index (χ3v) is 3.50. The van der Waals surface area contributed by atoms with Crippen LogP contribution in [0.3, 0.4) is 0 Å². The lowest BCUT2D eigenvalue weighted by Gasteiger charge is -2.19. The van der Waals surface area contributed by atoms with Gasteiger partial charge in [-0.05, 0) is 37.0 Å². The van der Waals surface area contributed by atoms with Crippen LogP contribution in [0.4, 0.5) is 10.1 Å². The summed E-state index contributed by atoms with van der Waals surface area (Å²) >= 11 is 0. The number of anilines is 1. The summed E-state index contributed by atoms with van der Waals surface area (Å²) < 4.78 is 20.7. The third kappa shape index (κ3) is 2.80. The van der Waals surface area contributed by atoms with Gasteiger partial charge in [0.15, 0.2) is 5.82 Å². The molecule has 1 fully saturated rings. The van der Waals surface area contributed by atoms with Crippen LogP contribution in [0.1, 0.15) is 12.8 Å². The van der Waals surface area contributed by atoms with Crippen molar-refractivity contribution in [3.8, 4) is 5.69 Å². The minimum Gasteiger partial charge on any atom is -0.383 e. The second-order valence-corrected chi connectivity index (χ2v) is 5.05. The topological polar surface area (TPSA) is 52.0 Å². The normalized spacial score (nSPS) is 16.1. The van der Waals surface area contributed by atoms with Crippen LogP contribution >= 0.6 is 0 Å². The summed E-state index contributed by atoms with van der Waals surface area (Å²) in [7, 11) is 1.69. The van der Waals surface area contributed by atoms with Crippen LogP contribution < -0.4 is 5.32 Å². The molecule has 1 heterocycles. The Morgan fingerprint density at radius 3 is 2.95 bits per heavy atom. The number of nitrogens with zero attached hydrogens (tertiary/aromatic N) is 3. The summed E-state index contributed by atoms with van der Waals surface area (Å²) in [6.45, 7) is 0.636. The molecule has 1 unspecified atom stereocenters. The van der Waals surface area contributed by atoms with Gasteiger partial charge in [-0.2, -0.15) is 5.10 Å². The molecule has 1 atom stereocenters. The molecule has 0 radical (unpaired) electrons. The highest BCUT2D eigenvalue weighted by atomic mass is 19.1. The maximum Gasteiger partial charge on any atom is 0.150 e. The number of halogens is 1. The Kier molecular flexibility index (Phi) is 3.64. The van der Waals surface area contributed by atoms with Gasteiger partial charge < -0.3 is 10.1 Å². The largest absolute Gasteiger partial charge is 0.383 e. The van der Waals surface area contributed by atoms with E-state index in [1.165, 1.54) is 36.2 Å². The fourth-order valence-electron chi connectivity index (χ4n) is 2.30. The van der Waals surface area contributed by atoms with Gasteiger partial charge in [0.25, 0.3) is 0 Å². The van der Waals surface area contributed by atoms with Crippen LogP contribution in [-0.2, 0) is 4.74 Å². The van der Waals surface area contributed by atoms with Crippen LogP contribution in [0.25, 0.3) is 5.69 Å². The molecule has 1 aromatic heterocycles. The second-order valence-electron chi connectivity index (χ2n) is 5.05. The number of benzene rings is 1. The zero-order chi connectivity index (χ0) is 13.9. The molecule has 1 aliphatic rings. The van der Waals surface area contributed by atoms with Crippen molar-refractivity contribution in [3.63, 3.8) is 0 Å². The summed E-state index contributed by atoms with van der Waals surface area (Å²) in [4.78, 5) is 3.82. The standard InChI is InChI=1S/C14H17FN4O/c1-20-7-13(10-2-3-10)18-11-4-5-14(12(15)6-11)19-9-16-8-17-19/h4-6,8-10,13,18H,2-3,7H2,1H3. The van der Waals surface area contributed by atoms with E-state index in [0.717, 1.165) is 5.69 Å². The zero-order valence-corrected chi connectivity index (χ0v) is 11.3. The first-order chi connectivity index (χ1) is 9.78. The number of nitrogens with one attached hydrogen (secondary N) is 1. The van der Waals surface area contributed by atoms with E-state index in [4.69, 9.17) is 4.74 Å². The number of ether oxygens (including phenoxy) is 1. The van der Waals surface area contributed by atoms with E-state index in [2.05, 4.69) is 15.4 Å². The summed E-state index contributed by atoms with van der Waals surface area (Å²) in [5, 5.41) is 7.28. The Morgan fingerprint density at radius 2 is 2.35 bits per heavy atom. The van der Waals surface area contributed by atoms with Crippen molar-refractivity contribution >= 4 is 5.69 Å². The van der Waals surface area contributed by atoms with Crippen LogP contribution in [0.2, 0.25) is 0 Å². The first-order valence-corrected chi connectivity index (χ1v) is 6.68. The molecule has 1 aromatic carbocycles. The lowest BCUT2D eigenvalue weighted by Crippen LogP contribution is -2.27. The molecule has 0 aliphatic heterocycles. The van der Waals surface area contributed by atoms with Crippen molar-refractivity contribution in [1.29, 1.82) is 0 Å². The SMILES string of the molecule is COCC(Nc1ccc(-n2cncn2)c(F)c1)C1CC1. The van der Waals surface area contributed by atoms with E-state index >= 15 is 0 Å². The van der Waals surface area contributed by atoms with Crippen molar-refractivity contribution in [2.24, 2.45) is 5.92 Å². The number of hydrogen-bond acceptors (Lipinski definition) is 4. The monoisotopic (exact) mass is 276 g/mol. The highest BCUT2D eigenvalue weighted by Crippen LogP contribution is 2.34. The van der Waals surface area contributed by atoms with Crippen molar-refractivity contribution in [3.05, 3.63) is 36.7 Å². The average molecular weight is 276 g/mol. The molecule has 5 nitrogen and oxygen atoms in total. The number of rotatable bonds is 6. The lowest BCUT2D eigenvalue weighted by molar-refractivity contribution is 0.179. The Balaban J connectivity index is 1.76. The Labute approximate surface area is 116 Å². The van der Waals surface area contributed by atoms with Crippen molar-refractivity contribution in [2.45, 2.75) is 18.9 Å². The number of aromatic nitrogens is 3. The fraction of sp³-hybridized carbons (Fsp3) is 0.429. The molecule has 1 saturated carbocycles. The molecular formula is C14H17FN4O. The predicted molar refractivity (Wildman–Crippen MR) is 73.3 cm³/mol. The predicted octanol–water partition coefficient (Wildman–Crippen LogP) is 2.24. The first-order valence-electron chi connectivity index (χ1n) is 6.68. The van der Waals surface area contributed by atoms with E-state index < -0.39 is 0 Å². The lowest BCUT2D eigenvalue weighted by atomic mass is 10.1. The molecule has 20 heavy (non-hydrogen) atoms. The highest BCUT2D eigenvalue weighted by molar-refractivity contribution is 5.50. The number of hydrogen-bond donors (Lipinski definition) is 1. The van der Waals surface area contributed by atoms with Gasteiger partial charge >= 0.3 is 0 Å². The van der Waals surface area contributed by atoms with Crippen molar-refractivity contribution < 1.29 is 9.13 Å². The summed E-state index contributed by atoms with van der Waals surface area (Å²) in [6.07, 6.45) is 5.28. The third-order valence-electron chi connectivity index (χ3n) is 3.50. The first kappa shape index (κ1) is 13.1. The van der Waals surface area contributed by atoms with Crippen molar-refractivity contribution in [1.82, 2.24) is 14.8 Å². The molecule has 1 aliphatic carbocycles. The average Bonchev–Trinajstić information content (AvgIpc) is 3.15. The Bertz CT molecular complexity index is 569. The van der Waals surface area contributed by atoms with Gasteiger partial charge in [-0.25, -0.2) is 14.1 Å². The van der Waals surface area contributed by atoms with E-state index in [1.807, 2.05) is 6.07 Å². The van der Waals surface area contributed by atoms with Gasteiger partial charge in [0.2, 0.25) is 0 Å². The maximum atomic E-state index is 14.1. The van der Waals surface area contributed by atoms with Crippen LogP contribution in [0.5, 0.6) is 0 Å². The molecule has 2 aromatic rings. The van der Waals surface area contributed by atoms with Gasteiger partial charge in [-0.15, -0.1) is 0 Å². The minimum atomic E-state index is -0.326. The van der Waals surface area contributed by atoms with E-state index in [-0.39, 0.29) is 11.9 Å². The van der Waals surface area contributed by atoms with Gasteiger partial charge in [0.05, 0.1) is 12.6 Å². The highest BCUT2D eigenvalue weighted by Gasteiger charge is 2.31. The smallest absolute Gasteiger partial charge is 0.150 e. The molecule has 3 rings (SSSR count). The Hall–Kier alpha value is -1.95. The van der Waals surface area contributed by atoms with Crippen LogP contribution in [-0.4, -0.2) is 34.5 Å². The quantitative estimate of drug-likeness (QED) is 0.879. The molecule has 0 spiro atoms. The molecule has 106 valence electrons. The summed E-state index contributed by atoms with van der Waals surface area (Å²) in [6, 6.07) is 5.28. The van der Waals surface area contributed by atoms with E-state index in [9.17, 15) is 4.39 Å². The van der Waals surface area contributed by atoms with E-state index in [1.54, 1.807) is 13.2 Å². The maximum absolute atomic E-state index is 14.1. The molecule has 0 bridgehead atoms. The fourth-order valence-corrected chi connectivity index (χ4v) is 2.30. The minimum absolute atomic E-state index is 0.247. The van der Waals surface area contributed by atoms with Gasteiger partial charge in [0.1, 0.15) is 18.3 Å². The van der Waals surface area contributed by atoms with Gasteiger partial charge in [0, 0.05) is 12.8 Å². The molecule has 1 N–H and O–H groups in total. The van der Waals surface area contributed by atoms with E-state index in [0.29, 0.717) is 18.2 Å².